The average Bonchev–Trinajstić information content (AvgIpc) is 3.39. The van der Waals surface area contributed by atoms with Crippen molar-refractivity contribution < 1.29 is 29.2 Å². The van der Waals surface area contributed by atoms with Crippen LogP contribution in [0, 0.1) is 16.0 Å². The lowest BCUT2D eigenvalue weighted by molar-refractivity contribution is -0.384. The minimum Gasteiger partial charge on any atom is -0.481 e. The Morgan fingerprint density at radius 1 is 0.925 bits per heavy atom. The van der Waals surface area contributed by atoms with Gasteiger partial charge in [0.05, 0.1) is 21.4 Å². The summed E-state index contributed by atoms with van der Waals surface area (Å²) >= 11 is 12.1. The van der Waals surface area contributed by atoms with Gasteiger partial charge in [0.15, 0.2) is 6.17 Å². The second-order valence-electron chi connectivity index (χ2n) is 9.91. The van der Waals surface area contributed by atoms with Gasteiger partial charge in [-0.1, -0.05) is 42.5 Å². The molecule has 1 heterocycles. The molecule has 0 bridgehead atoms. The molecule has 40 heavy (non-hydrogen) atoms. The van der Waals surface area contributed by atoms with Crippen LogP contribution in [0.5, 0.6) is 0 Å². The number of benzene rings is 2. The van der Waals surface area contributed by atoms with Crippen LogP contribution in [0.3, 0.4) is 0 Å². The fourth-order valence-corrected chi connectivity index (χ4v) is 5.64. The van der Waals surface area contributed by atoms with Gasteiger partial charge in [0.2, 0.25) is 0 Å². The first-order valence-corrected chi connectivity index (χ1v) is 13.7. The van der Waals surface area contributed by atoms with Crippen molar-refractivity contribution in [2.45, 2.75) is 50.7 Å². The number of nitro groups is 1. The first kappa shape index (κ1) is 29.3. The molecule has 3 amide bonds. The molecule has 2 aromatic carbocycles. The predicted octanol–water partition coefficient (Wildman–Crippen LogP) is 4.37. The zero-order chi connectivity index (χ0) is 29.0. The third-order valence-corrected chi connectivity index (χ3v) is 8.10. The van der Waals surface area contributed by atoms with Crippen LogP contribution in [-0.4, -0.2) is 68.8 Å². The second kappa shape index (κ2) is 12.6. The van der Waals surface area contributed by atoms with E-state index in [-0.39, 0.29) is 52.3 Å². The number of carboxylic acid groups (broad SMARTS) is 1. The van der Waals surface area contributed by atoms with Crippen LogP contribution in [-0.2, 0) is 9.59 Å². The van der Waals surface area contributed by atoms with E-state index in [1.54, 1.807) is 0 Å². The molecule has 1 aliphatic carbocycles. The highest BCUT2D eigenvalue weighted by Gasteiger charge is 2.44. The van der Waals surface area contributed by atoms with E-state index >= 15 is 0 Å². The molecule has 13 heteroatoms. The number of halogens is 2. The fourth-order valence-electron chi connectivity index (χ4n) is 5.34. The summed E-state index contributed by atoms with van der Waals surface area (Å²) in [6.07, 6.45) is 2.74. The highest BCUT2D eigenvalue weighted by Crippen LogP contribution is 2.30. The smallest absolute Gasteiger partial charge is 0.305 e. The first-order chi connectivity index (χ1) is 19.1. The van der Waals surface area contributed by atoms with Crippen LogP contribution in [0.25, 0.3) is 0 Å². The summed E-state index contributed by atoms with van der Waals surface area (Å²) in [7, 11) is 0. The summed E-state index contributed by atoms with van der Waals surface area (Å²) in [4.78, 5) is 65.4. The molecule has 2 aliphatic rings. The van der Waals surface area contributed by atoms with Crippen molar-refractivity contribution in [3.63, 3.8) is 0 Å². The molecule has 0 spiro atoms. The van der Waals surface area contributed by atoms with E-state index in [0.717, 1.165) is 32.1 Å². The lowest BCUT2D eigenvalue weighted by atomic mass is 9.82. The Balaban J connectivity index is 1.65. The maximum atomic E-state index is 13.8. The van der Waals surface area contributed by atoms with Crippen molar-refractivity contribution in [2.24, 2.45) is 5.92 Å². The monoisotopic (exact) mass is 590 g/mol. The Hall–Kier alpha value is -3.70. The topological polar surface area (TPSA) is 150 Å². The van der Waals surface area contributed by atoms with Crippen LogP contribution >= 0.6 is 23.2 Å². The molecule has 2 fully saturated rings. The first-order valence-electron chi connectivity index (χ1n) is 12.9. The van der Waals surface area contributed by atoms with Gasteiger partial charge in [0, 0.05) is 42.4 Å². The zero-order valence-electron chi connectivity index (χ0n) is 21.4. The van der Waals surface area contributed by atoms with Crippen molar-refractivity contribution in [2.75, 3.05) is 13.1 Å². The van der Waals surface area contributed by atoms with Crippen molar-refractivity contribution in [1.29, 1.82) is 0 Å². The van der Waals surface area contributed by atoms with E-state index in [1.165, 1.54) is 52.3 Å². The number of non-ortho nitro benzene ring substituents is 1. The molecule has 1 saturated carbocycles. The van der Waals surface area contributed by atoms with Crippen molar-refractivity contribution in [3.05, 3.63) is 73.8 Å². The van der Waals surface area contributed by atoms with Gasteiger partial charge < -0.3 is 20.2 Å². The number of carbonyl (C=O) groups is 4. The maximum Gasteiger partial charge on any atom is 0.305 e. The molecule has 4 rings (SSSR count). The molecule has 2 unspecified atom stereocenters. The Morgan fingerprint density at radius 2 is 1.50 bits per heavy atom. The third kappa shape index (κ3) is 6.53. The van der Waals surface area contributed by atoms with Crippen molar-refractivity contribution >= 4 is 52.6 Å². The summed E-state index contributed by atoms with van der Waals surface area (Å²) in [6, 6.07) is 8.55. The number of carbonyl (C=O) groups excluding carboxylic acids is 3. The minimum atomic E-state index is -1.38. The van der Waals surface area contributed by atoms with Crippen LogP contribution < -0.4 is 5.32 Å². The van der Waals surface area contributed by atoms with E-state index in [1.807, 2.05) is 0 Å². The number of nitro benzene ring substituents is 1. The zero-order valence-corrected chi connectivity index (χ0v) is 22.9. The van der Waals surface area contributed by atoms with E-state index in [4.69, 9.17) is 23.2 Å². The molecule has 2 aromatic rings. The summed E-state index contributed by atoms with van der Waals surface area (Å²) in [5, 5.41) is 23.8. The number of rotatable bonds is 8. The van der Waals surface area contributed by atoms with Gasteiger partial charge in [0.1, 0.15) is 0 Å². The van der Waals surface area contributed by atoms with Crippen molar-refractivity contribution in [3.8, 4) is 0 Å². The Kier molecular flexibility index (Phi) is 9.26. The van der Waals surface area contributed by atoms with Gasteiger partial charge in [0.25, 0.3) is 23.4 Å². The Labute approximate surface area is 240 Å². The lowest BCUT2D eigenvalue weighted by Gasteiger charge is -2.34. The maximum absolute atomic E-state index is 13.8. The van der Waals surface area contributed by atoms with Gasteiger partial charge in [-0.3, -0.25) is 29.3 Å². The average molecular weight is 591 g/mol. The summed E-state index contributed by atoms with van der Waals surface area (Å²) in [5.74, 6) is -2.96. The number of amides is 3. The van der Waals surface area contributed by atoms with Gasteiger partial charge in [-0.15, -0.1) is 0 Å². The molecule has 11 nitrogen and oxygen atoms in total. The molecule has 0 radical (unpaired) electrons. The Morgan fingerprint density at radius 3 is 2.05 bits per heavy atom. The molecule has 1 aliphatic heterocycles. The number of aliphatic carboxylic acids is 1. The largest absolute Gasteiger partial charge is 0.481 e. The molecule has 212 valence electrons. The van der Waals surface area contributed by atoms with Crippen LogP contribution in [0.2, 0.25) is 10.0 Å². The normalized spacial score (nSPS) is 18.3. The van der Waals surface area contributed by atoms with Crippen LogP contribution in [0.4, 0.5) is 5.69 Å². The molecule has 0 aromatic heterocycles. The number of nitrogens with zero attached hydrogens (tertiary/aromatic N) is 3. The predicted molar refractivity (Wildman–Crippen MR) is 146 cm³/mol. The van der Waals surface area contributed by atoms with Crippen molar-refractivity contribution in [1.82, 2.24) is 15.1 Å². The quantitative estimate of drug-likeness (QED) is 0.342. The number of hydrogen-bond donors (Lipinski definition) is 2. The molecule has 2 atom stereocenters. The van der Waals surface area contributed by atoms with Gasteiger partial charge in [-0.05, 0) is 49.1 Å². The second-order valence-corrected chi connectivity index (χ2v) is 10.7. The lowest BCUT2D eigenvalue weighted by Crippen LogP contribution is -2.57. The van der Waals surface area contributed by atoms with E-state index in [2.05, 4.69) is 5.32 Å². The number of hydrogen-bond acceptors (Lipinski definition) is 6. The highest BCUT2D eigenvalue weighted by atomic mass is 35.5. The van der Waals surface area contributed by atoms with E-state index in [0.29, 0.717) is 0 Å². The summed E-state index contributed by atoms with van der Waals surface area (Å²) in [6.45, 7) is 0.0247. The number of nitrogens with one attached hydrogen (secondary N) is 1. The molecule has 1 saturated heterocycles. The molecule has 2 N–H and O–H groups in total. The Bertz CT molecular complexity index is 1310. The van der Waals surface area contributed by atoms with Gasteiger partial charge >= 0.3 is 5.97 Å². The molecular weight excluding hydrogens is 563 g/mol. The SMILES string of the molecule is O=C(O)CC(NC(=O)C1N(C(=O)c2ccc([N+](=O)[O-])cc2)CCN1C(=O)c1ccc(Cl)c(Cl)c1)C1CCCCC1. The van der Waals surface area contributed by atoms with Crippen LogP contribution in [0.15, 0.2) is 42.5 Å². The molecular formula is C27H28Cl2N4O7. The third-order valence-electron chi connectivity index (χ3n) is 7.36. The summed E-state index contributed by atoms with van der Waals surface area (Å²) < 4.78 is 0. The van der Waals surface area contributed by atoms with Gasteiger partial charge in [-0.2, -0.15) is 0 Å². The summed E-state index contributed by atoms with van der Waals surface area (Å²) in [5.41, 5.74) is 0.0560. The highest BCUT2D eigenvalue weighted by molar-refractivity contribution is 6.42. The minimum absolute atomic E-state index is 0.00793. The fraction of sp³-hybridized carbons (Fsp3) is 0.407. The van der Waals surface area contributed by atoms with E-state index < -0.39 is 40.8 Å². The van der Waals surface area contributed by atoms with Crippen LogP contribution in [0.1, 0.15) is 59.2 Å². The number of carboxylic acids is 1. The standard InChI is InChI=1S/C27H28Cl2N4O7/c28-20-11-8-18(14-21(20)29)27(38)32-13-12-31(26(37)17-6-9-19(10-7-17)33(39)40)25(32)24(36)30-22(15-23(34)35)16-4-2-1-3-5-16/h6-11,14,16,22,25H,1-5,12-13,15H2,(H,30,36)(H,34,35). The van der Waals surface area contributed by atoms with E-state index in [9.17, 15) is 34.4 Å². The van der Waals surface area contributed by atoms with Gasteiger partial charge in [-0.25, -0.2) is 0 Å².